The molecule has 0 radical (unpaired) electrons. The summed E-state index contributed by atoms with van der Waals surface area (Å²) < 4.78 is 0. The first-order chi connectivity index (χ1) is 20.0. The highest BCUT2D eigenvalue weighted by atomic mass is 16.4. The molecular weight excluding hydrogens is 562 g/mol. The number of aliphatic hydroxyl groups excluding tert-OH is 1. The molecule has 0 fully saturated rings. The number of nitrogens with two attached hydrogens (primary N) is 2. The van der Waals surface area contributed by atoms with Gasteiger partial charge >= 0.3 is 5.97 Å². The molecule has 5 amide bonds. The molecule has 0 heterocycles. The van der Waals surface area contributed by atoms with Crippen molar-refractivity contribution in [3.05, 3.63) is 0 Å². The van der Waals surface area contributed by atoms with E-state index in [0.29, 0.717) is 25.8 Å². The van der Waals surface area contributed by atoms with Crippen molar-refractivity contribution in [2.75, 3.05) is 13.2 Å². The van der Waals surface area contributed by atoms with Gasteiger partial charge in [-0.1, -0.05) is 48.0 Å². The zero-order valence-electron chi connectivity index (χ0n) is 26.4. The number of carboxylic acid groups (broad SMARTS) is 1. The van der Waals surface area contributed by atoms with Gasteiger partial charge in [0.1, 0.15) is 36.3 Å². The van der Waals surface area contributed by atoms with Gasteiger partial charge in [0.25, 0.3) is 0 Å². The lowest BCUT2D eigenvalue weighted by molar-refractivity contribution is -0.143. The smallest absolute Gasteiger partial charge is 0.326 e. The largest absolute Gasteiger partial charge is 0.480 e. The summed E-state index contributed by atoms with van der Waals surface area (Å²) in [6, 6.07) is -6.68. The number of aliphatic carboxylic acids is 1. The lowest BCUT2D eigenvalue weighted by Gasteiger charge is -2.29. The van der Waals surface area contributed by atoms with Crippen molar-refractivity contribution >= 4 is 35.5 Å². The van der Waals surface area contributed by atoms with Crippen LogP contribution in [0, 0.1) is 17.8 Å². The van der Waals surface area contributed by atoms with Crippen LogP contribution in [-0.4, -0.2) is 95.1 Å². The zero-order valence-corrected chi connectivity index (χ0v) is 26.4. The van der Waals surface area contributed by atoms with E-state index in [9.17, 15) is 39.0 Å². The summed E-state index contributed by atoms with van der Waals surface area (Å²) in [7, 11) is 0. The minimum Gasteiger partial charge on any atom is -0.480 e. The number of carbonyl (C=O) groups is 6. The van der Waals surface area contributed by atoms with E-state index in [2.05, 4.69) is 26.6 Å². The van der Waals surface area contributed by atoms with Crippen LogP contribution in [0.5, 0.6) is 0 Å². The summed E-state index contributed by atoms with van der Waals surface area (Å²) in [5, 5.41) is 31.3. The van der Waals surface area contributed by atoms with Crippen LogP contribution in [0.25, 0.3) is 0 Å². The fraction of sp³-hybridized carbons (Fsp3) is 0.786. The Morgan fingerprint density at radius 1 is 0.674 bits per heavy atom. The summed E-state index contributed by atoms with van der Waals surface area (Å²) in [4.78, 5) is 76.2. The van der Waals surface area contributed by atoms with Crippen molar-refractivity contribution in [3.63, 3.8) is 0 Å². The van der Waals surface area contributed by atoms with Crippen LogP contribution in [0.1, 0.15) is 74.1 Å². The predicted molar refractivity (Wildman–Crippen MR) is 160 cm³/mol. The monoisotopic (exact) mass is 615 g/mol. The van der Waals surface area contributed by atoms with E-state index in [1.165, 1.54) is 6.92 Å². The van der Waals surface area contributed by atoms with E-state index in [0.717, 1.165) is 0 Å². The second-order valence-electron chi connectivity index (χ2n) is 11.5. The Morgan fingerprint density at radius 3 is 1.65 bits per heavy atom. The molecule has 7 unspecified atom stereocenters. The lowest BCUT2D eigenvalue weighted by atomic mass is 9.96. The topological polar surface area (TPSA) is 255 Å². The number of nitrogens with one attached hydrogen (secondary N) is 5. The van der Waals surface area contributed by atoms with E-state index in [4.69, 9.17) is 11.5 Å². The van der Waals surface area contributed by atoms with Crippen LogP contribution in [0.3, 0.4) is 0 Å². The van der Waals surface area contributed by atoms with Crippen molar-refractivity contribution < 1.29 is 39.0 Å². The molecule has 0 saturated heterocycles. The molecule has 0 aliphatic carbocycles. The van der Waals surface area contributed by atoms with Gasteiger partial charge in [0.05, 0.1) is 6.61 Å². The fourth-order valence-electron chi connectivity index (χ4n) is 4.02. The van der Waals surface area contributed by atoms with E-state index in [1.54, 1.807) is 34.6 Å². The molecular formula is C28H53N7O8. The van der Waals surface area contributed by atoms with Crippen molar-refractivity contribution in [1.82, 2.24) is 26.6 Å². The molecule has 0 spiro atoms. The molecule has 0 rings (SSSR count). The molecule has 0 aliphatic heterocycles. The minimum absolute atomic E-state index is 0.198. The predicted octanol–water partition coefficient (Wildman–Crippen LogP) is -1.68. The van der Waals surface area contributed by atoms with E-state index in [1.807, 2.05) is 6.92 Å². The van der Waals surface area contributed by atoms with Gasteiger partial charge < -0.3 is 48.3 Å². The number of unbranched alkanes of at least 4 members (excludes halogenated alkanes) is 1. The normalized spacial score (nSPS) is 16.2. The van der Waals surface area contributed by atoms with E-state index < -0.39 is 90.2 Å². The Hall–Kier alpha value is -3.30. The zero-order chi connectivity index (χ0) is 33.4. The second-order valence-corrected chi connectivity index (χ2v) is 11.5. The summed E-state index contributed by atoms with van der Waals surface area (Å²) >= 11 is 0. The number of amides is 5. The highest BCUT2D eigenvalue weighted by Gasteiger charge is 2.34. The quantitative estimate of drug-likeness (QED) is 0.0703. The Labute approximate surface area is 254 Å². The van der Waals surface area contributed by atoms with Gasteiger partial charge in [-0.25, -0.2) is 4.79 Å². The second kappa shape index (κ2) is 19.8. The van der Waals surface area contributed by atoms with E-state index in [-0.39, 0.29) is 12.3 Å². The number of hydrogen-bond acceptors (Lipinski definition) is 9. The molecule has 0 aromatic carbocycles. The number of rotatable bonds is 20. The fourth-order valence-corrected chi connectivity index (χ4v) is 4.02. The highest BCUT2D eigenvalue weighted by Crippen LogP contribution is 2.11. The first-order valence-electron chi connectivity index (χ1n) is 14.8. The summed E-state index contributed by atoms with van der Waals surface area (Å²) in [5.74, 6) is -5.72. The minimum atomic E-state index is -1.22. The molecule has 11 N–H and O–H groups in total. The van der Waals surface area contributed by atoms with Gasteiger partial charge in [-0.2, -0.15) is 0 Å². The summed E-state index contributed by atoms with van der Waals surface area (Å²) in [6.07, 6.45) is 1.78. The Morgan fingerprint density at radius 2 is 1.19 bits per heavy atom. The number of aliphatic hydroxyl groups is 1. The van der Waals surface area contributed by atoms with Crippen LogP contribution < -0.4 is 38.1 Å². The maximum Gasteiger partial charge on any atom is 0.326 e. The van der Waals surface area contributed by atoms with Crippen molar-refractivity contribution in [3.8, 4) is 0 Å². The third kappa shape index (κ3) is 13.7. The molecule has 0 bridgehead atoms. The van der Waals surface area contributed by atoms with Crippen LogP contribution in [0.2, 0.25) is 0 Å². The molecule has 7 atom stereocenters. The standard InChI is InChI=1S/C28H53N7O8/c1-8-16(6)22(35-24(38)18(30)13-36)27(41)32-19(11-9-10-12-29)25(39)33-20(14(2)3)26(40)31-17(7)23(37)34-21(15(4)5)28(42)43/h14-22,36H,8-13,29-30H2,1-7H3,(H,31,40)(H,32,41)(H,33,39)(H,34,37)(H,35,38)(H,42,43). The molecule has 0 aliphatic rings. The lowest BCUT2D eigenvalue weighted by Crippen LogP contribution is -2.60. The number of carboxylic acids is 1. The maximum atomic E-state index is 13.4. The SMILES string of the molecule is CCC(C)C(NC(=O)C(N)CO)C(=O)NC(CCCCN)C(=O)NC(C(=O)NC(C)C(=O)NC(C(=O)O)C(C)C)C(C)C. The van der Waals surface area contributed by atoms with Crippen LogP contribution in [0.4, 0.5) is 0 Å². The first kappa shape index (κ1) is 39.7. The van der Waals surface area contributed by atoms with Gasteiger partial charge in [0.2, 0.25) is 29.5 Å². The van der Waals surface area contributed by atoms with Crippen molar-refractivity contribution in [2.24, 2.45) is 29.2 Å². The van der Waals surface area contributed by atoms with Gasteiger partial charge in [0.15, 0.2) is 0 Å². The number of hydrogen-bond donors (Lipinski definition) is 9. The summed E-state index contributed by atoms with van der Waals surface area (Å²) in [5.41, 5.74) is 11.2. The third-order valence-corrected chi connectivity index (χ3v) is 7.14. The molecule has 0 aromatic rings. The Bertz CT molecular complexity index is 946. The molecule has 0 saturated carbocycles. The van der Waals surface area contributed by atoms with E-state index >= 15 is 0 Å². The molecule has 15 heteroatoms. The van der Waals surface area contributed by atoms with Gasteiger partial charge in [0, 0.05) is 0 Å². The molecule has 43 heavy (non-hydrogen) atoms. The molecule has 248 valence electrons. The summed E-state index contributed by atoms with van der Waals surface area (Å²) in [6.45, 7) is 11.4. The highest BCUT2D eigenvalue weighted by molar-refractivity contribution is 5.96. The van der Waals surface area contributed by atoms with Gasteiger partial charge in [-0.05, 0) is 50.5 Å². The Kier molecular flexibility index (Phi) is 18.3. The molecule has 15 nitrogen and oxygen atoms in total. The Balaban J connectivity index is 5.79. The van der Waals surface area contributed by atoms with Crippen LogP contribution in [0.15, 0.2) is 0 Å². The maximum absolute atomic E-state index is 13.4. The van der Waals surface area contributed by atoms with Crippen molar-refractivity contribution in [2.45, 2.75) is 110 Å². The van der Waals surface area contributed by atoms with Crippen molar-refractivity contribution in [1.29, 1.82) is 0 Å². The van der Waals surface area contributed by atoms with Gasteiger partial charge in [-0.3, -0.25) is 24.0 Å². The van der Waals surface area contributed by atoms with Crippen LogP contribution >= 0.6 is 0 Å². The third-order valence-electron chi connectivity index (χ3n) is 7.14. The molecule has 0 aromatic heterocycles. The van der Waals surface area contributed by atoms with Gasteiger partial charge in [-0.15, -0.1) is 0 Å². The average molecular weight is 616 g/mol. The number of carbonyl (C=O) groups excluding carboxylic acids is 5. The van der Waals surface area contributed by atoms with Crippen LogP contribution in [-0.2, 0) is 28.8 Å². The average Bonchev–Trinajstić information content (AvgIpc) is 2.94. The first-order valence-corrected chi connectivity index (χ1v) is 14.8.